The smallest absolute Gasteiger partial charge is 0.275 e. The van der Waals surface area contributed by atoms with Crippen molar-refractivity contribution < 1.29 is 13.6 Å². The van der Waals surface area contributed by atoms with Gasteiger partial charge in [-0.1, -0.05) is 24.3 Å². The Morgan fingerprint density at radius 3 is 2.50 bits per heavy atom. The summed E-state index contributed by atoms with van der Waals surface area (Å²) in [5.41, 5.74) is 7.48. The second-order valence-electron chi connectivity index (χ2n) is 5.75. The molecule has 0 atom stereocenters. The number of nitrogens with two attached hydrogens (primary N) is 1. The normalized spacial score (nSPS) is 18.1. The van der Waals surface area contributed by atoms with E-state index in [-0.39, 0.29) is 18.0 Å². The van der Waals surface area contributed by atoms with Crippen LogP contribution in [0.2, 0.25) is 0 Å². The molecule has 0 unspecified atom stereocenters. The number of halogens is 2. The van der Waals surface area contributed by atoms with Crippen LogP contribution in [0.3, 0.4) is 0 Å². The number of para-hydroxylation sites is 1. The van der Waals surface area contributed by atoms with Crippen LogP contribution in [0.5, 0.6) is 0 Å². The van der Waals surface area contributed by atoms with Crippen molar-refractivity contribution in [2.45, 2.75) is 19.3 Å². The summed E-state index contributed by atoms with van der Waals surface area (Å²) in [7, 11) is 0. The molecule has 0 aliphatic carbocycles. The fraction of sp³-hybridized carbons (Fsp3) is 0.211. The third-order valence-corrected chi connectivity index (χ3v) is 4.22. The van der Waals surface area contributed by atoms with E-state index in [1.807, 2.05) is 0 Å². The summed E-state index contributed by atoms with van der Waals surface area (Å²) in [5.74, 6) is -3.28. The first-order chi connectivity index (χ1) is 11.4. The zero-order valence-electron chi connectivity index (χ0n) is 13.3. The molecule has 3 nitrogen and oxygen atoms in total. The highest BCUT2D eigenvalue weighted by atomic mass is 19.3. The molecule has 124 valence electrons. The van der Waals surface area contributed by atoms with E-state index >= 15 is 0 Å². The minimum absolute atomic E-state index is 0.0364. The largest absolute Gasteiger partial charge is 0.399 e. The van der Waals surface area contributed by atoms with Crippen molar-refractivity contribution in [3.63, 3.8) is 0 Å². The fourth-order valence-corrected chi connectivity index (χ4v) is 3.00. The number of benzene rings is 2. The predicted molar refractivity (Wildman–Crippen MR) is 92.2 cm³/mol. The van der Waals surface area contributed by atoms with E-state index in [9.17, 15) is 13.6 Å². The zero-order chi connectivity index (χ0) is 17.3. The number of nitrogen functional groups attached to an aromatic ring is 1. The lowest BCUT2D eigenvalue weighted by Gasteiger charge is -2.22. The molecular formula is C19H18F2N2O. The van der Waals surface area contributed by atoms with Crippen LogP contribution in [0.15, 0.2) is 54.6 Å². The van der Waals surface area contributed by atoms with Crippen LogP contribution in [0.4, 0.5) is 20.2 Å². The van der Waals surface area contributed by atoms with E-state index in [0.717, 1.165) is 0 Å². The summed E-state index contributed by atoms with van der Waals surface area (Å²) in [6.07, 6.45) is 1.01. The fourth-order valence-electron chi connectivity index (χ4n) is 3.00. The van der Waals surface area contributed by atoms with Gasteiger partial charge in [-0.15, -0.1) is 0 Å². The number of nitrogens with zero attached hydrogens (tertiary/aromatic N) is 1. The predicted octanol–water partition coefficient (Wildman–Crippen LogP) is 4.36. The highest BCUT2D eigenvalue weighted by Gasteiger charge is 2.40. The SMILES string of the molecule is C/C=C1\c2ccccc2N(C(=O)c2ccc(N)cc2)CCC1(F)F. The molecule has 3 rings (SSSR count). The Bertz CT molecular complexity index is 797. The number of hydrogen-bond acceptors (Lipinski definition) is 2. The van der Waals surface area contributed by atoms with Crippen LogP contribution >= 0.6 is 0 Å². The van der Waals surface area contributed by atoms with Crippen molar-refractivity contribution >= 4 is 22.9 Å². The molecule has 5 heteroatoms. The lowest BCUT2D eigenvalue weighted by Crippen LogP contribution is -2.33. The van der Waals surface area contributed by atoms with Crippen molar-refractivity contribution in [2.24, 2.45) is 0 Å². The quantitative estimate of drug-likeness (QED) is 0.791. The molecule has 1 amide bonds. The Hall–Kier alpha value is -2.69. The second-order valence-corrected chi connectivity index (χ2v) is 5.75. The third kappa shape index (κ3) is 2.77. The molecule has 0 spiro atoms. The van der Waals surface area contributed by atoms with Crippen LogP contribution in [-0.4, -0.2) is 18.4 Å². The summed E-state index contributed by atoms with van der Waals surface area (Å²) in [4.78, 5) is 14.3. The first kappa shape index (κ1) is 16.2. The van der Waals surface area contributed by atoms with Crippen molar-refractivity contribution in [1.29, 1.82) is 0 Å². The van der Waals surface area contributed by atoms with Gasteiger partial charge in [0.1, 0.15) is 0 Å². The standard InChI is InChI=1S/C19H18F2N2O/c1-2-16-15-5-3-4-6-17(15)23(12-11-19(16,20)21)18(24)13-7-9-14(22)10-8-13/h2-10H,11-12,22H2,1H3/b16-2+. The van der Waals surface area contributed by atoms with Crippen molar-refractivity contribution in [3.05, 3.63) is 65.7 Å². The maximum absolute atomic E-state index is 14.5. The van der Waals surface area contributed by atoms with Gasteiger partial charge in [-0.2, -0.15) is 0 Å². The summed E-state index contributed by atoms with van der Waals surface area (Å²) >= 11 is 0. The average Bonchev–Trinajstić information content (AvgIpc) is 2.68. The number of allylic oxidation sites excluding steroid dienone is 2. The molecule has 0 fully saturated rings. The van der Waals surface area contributed by atoms with E-state index in [0.29, 0.717) is 22.5 Å². The van der Waals surface area contributed by atoms with E-state index in [1.54, 1.807) is 55.5 Å². The van der Waals surface area contributed by atoms with Crippen LogP contribution in [0.25, 0.3) is 5.57 Å². The number of rotatable bonds is 1. The van der Waals surface area contributed by atoms with Gasteiger partial charge >= 0.3 is 0 Å². The molecule has 0 saturated carbocycles. The van der Waals surface area contributed by atoms with Gasteiger partial charge in [-0.05, 0) is 37.3 Å². The highest BCUT2D eigenvalue weighted by Crippen LogP contribution is 2.43. The lowest BCUT2D eigenvalue weighted by molar-refractivity contribution is 0.0601. The van der Waals surface area contributed by atoms with Crippen LogP contribution in [-0.2, 0) is 0 Å². The summed E-state index contributed by atoms with van der Waals surface area (Å²) in [5, 5.41) is 0. The zero-order valence-corrected chi connectivity index (χ0v) is 13.3. The molecule has 2 aromatic carbocycles. The minimum atomic E-state index is -2.97. The van der Waals surface area contributed by atoms with Gasteiger partial charge in [0.05, 0.1) is 5.69 Å². The maximum atomic E-state index is 14.5. The van der Waals surface area contributed by atoms with Gasteiger partial charge < -0.3 is 10.6 Å². The van der Waals surface area contributed by atoms with Gasteiger partial charge in [0.15, 0.2) is 0 Å². The molecule has 1 aliphatic rings. The monoisotopic (exact) mass is 328 g/mol. The van der Waals surface area contributed by atoms with E-state index in [2.05, 4.69) is 0 Å². The summed E-state index contributed by atoms with van der Waals surface area (Å²) < 4.78 is 29.0. The van der Waals surface area contributed by atoms with Gasteiger partial charge in [0, 0.05) is 35.4 Å². The molecule has 0 radical (unpaired) electrons. The van der Waals surface area contributed by atoms with Crippen molar-refractivity contribution in [1.82, 2.24) is 0 Å². The average molecular weight is 328 g/mol. The summed E-state index contributed by atoms with van der Waals surface area (Å²) in [6.45, 7) is 1.54. The lowest BCUT2D eigenvalue weighted by atomic mass is 9.97. The number of carbonyl (C=O) groups excluding carboxylic acids is 1. The molecule has 2 N–H and O–H groups in total. The Morgan fingerprint density at radius 1 is 1.17 bits per heavy atom. The summed E-state index contributed by atoms with van der Waals surface area (Å²) in [6, 6.07) is 13.3. The van der Waals surface area contributed by atoms with Crippen molar-refractivity contribution in [2.75, 3.05) is 17.2 Å². The van der Waals surface area contributed by atoms with Gasteiger partial charge in [0.2, 0.25) is 0 Å². The Labute approximate surface area is 139 Å². The molecule has 1 heterocycles. The molecule has 1 aliphatic heterocycles. The third-order valence-electron chi connectivity index (χ3n) is 4.22. The highest BCUT2D eigenvalue weighted by molar-refractivity contribution is 6.08. The number of hydrogen-bond donors (Lipinski definition) is 1. The van der Waals surface area contributed by atoms with E-state index < -0.39 is 12.3 Å². The topological polar surface area (TPSA) is 46.3 Å². The molecule has 0 bridgehead atoms. The van der Waals surface area contributed by atoms with E-state index in [1.165, 1.54) is 11.0 Å². The number of fused-ring (bicyclic) bond motifs is 1. The molecule has 0 aromatic heterocycles. The molecular weight excluding hydrogens is 310 g/mol. The number of carbonyl (C=O) groups is 1. The van der Waals surface area contributed by atoms with E-state index in [4.69, 9.17) is 5.73 Å². The van der Waals surface area contributed by atoms with Gasteiger partial charge in [-0.25, -0.2) is 8.78 Å². The Balaban J connectivity index is 2.09. The minimum Gasteiger partial charge on any atom is -0.399 e. The Kier molecular flexibility index (Phi) is 4.09. The number of alkyl halides is 2. The Morgan fingerprint density at radius 2 is 1.83 bits per heavy atom. The molecule has 24 heavy (non-hydrogen) atoms. The first-order valence-electron chi connectivity index (χ1n) is 7.75. The second kappa shape index (κ2) is 6.07. The number of anilines is 2. The van der Waals surface area contributed by atoms with Crippen LogP contribution in [0.1, 0.15) is 29.3 Å². The maximum Gasteiger partial charge on any atom is 0.275 e. The van der Waals surface area contributed by atoms with Crippen molar-refractivity contribution in [3.8, 4) is 0 Å². The molecule has 2 aromatic rings. The molecule has 0 saturated heterocycles. The number of amides is 1. The van der Waals surface area contributed by atoms with Crippen LogP contribution < -0.4 is 10.6 Å². The van der Waals surface area contributed by atoms with Crippen LogP contribution in [0, 0.1) is 0 Å². The van der Waals surface area contributed by atoms with Gasteiger partial charge in [-0.3, -0.25) is 4.79 Å². The first-order valence-corrected chi connectivity index (χ1v) is 7.75. The van der Waals surface area contributed by atoms with Gasteiger partial charge in [0.25, 0.3) is 11.8 Å².